The molecule has 7 heavy (non-hydrogen) atoms. The summed E-state index contributed by atoms with van der Waals surface area (Å²) in [6.45, 7) is -3.65. The number of rotatable bonds is 0. The highest BCUT2D eigenvalue weighted by molar-refractivity contribution is 5.85. The molecule has 0 aromatic heterocycles. The normalized spacial score (nSPS) is 43.4. The molecule has 1 N–H and O–H groups in total. The van der Waals surface area contributed by atoms with Gasteiger partial charge in [0.15, 0.2) is 0 Å². The summed E-state index contributed by atoms with van der Waals surface area (Å²) in [5.41, 5.74) is 0. The van der Waals surface area contributed by atoms with E-state index in [2.05, 4.69) is 10.1 Å². The molecule has 0 aromatic carbocycles. The van der Waals surface area contributed by atoms with Crippen LogP contribution >= 0.6 is 12.4 Å². The van der Waals surface area contributed by atoms with Gasteiger partial charge in [0.05, 0.1) is 18.6 Å². The quantitative estimate of drug-likeness (QED) is 0.496. The Morgan fingerprint density at radius 1 is 1.43 bits per heavy atom. The number of halogens is 1. The Hall–Kier alpha value is 0.210. The number of morpholine rings is 1. The maximum absolute atomic E-state index is 7.02. The van der Waals surface area contributed by atoms with Gasteiger partial charge >= 0.3 is 0 Å². The second-order valence-electron chi connectivity index (χ2n) is 0.994. The first kappa shape index (κ1) is 2.67. The molecule has 0 radical (unpaired) electrons. The topological polar surface area (TPSA) is 21.3 Å². The number of hydrogen-bond acceptors (Lipinski definition) is 2. The minimum atomic E-state index is -1.87. The van der Waals surface area contributed by atoms with E-state index >= 15 is 0 Å². The fourth-order valence-corrected chi connectivity index (χ4v) is 0.288. The average Bonchev–Trinajstić information content (AvgIpc) is 1.56. The van der Waals surface area contributed by atoms with Gasteiger partial charge < -0.3 is 10.1 Å². The van der Waals surface area contributed by atoms with Crippen molar-refractivity contribution in [2.45, 2.75) is 0 Å². The van der Waals surface area contributed by atoms with Crippen LogP contribution in [0.3, 0.4) is 0 Å². The molecule has 0 aromatic rings. The lowest BCUT2D eigenvalue weighted by Crippen LogP contribution is -2.30. The highest BCUT2D eigenvalue weighted by Gasteiger charge is 1.92. The predicted octanol–water partition coefficient (Wildman–Crippen LogP) is 0.0280. The Balaban J connectivity index is 0.000001000. The molecule has 1 aliphatic heterocycles. The van der Waals surface area contributed by atoms with Crippen LogP contribution in [0.4, 0.5) is 0 Å². The molecule has 0 unspecified atom stereocenters. The van der Waals surface area contributed by atoms with Crippen molar-refractivity contribution in [1.29, 1.82) is 0 Å². The molecule has 1 saturated heterocycles. The lowest BCUT2D eigenvalue weighted by molar-refractivity contribution is 0.109. The Morgan fingerprint density at radius 2 is 2.00 bits per heavy atom. The molecule has 0 aliphatic carbocycles. The monoisotopic (exact) mass is 127 g/mol. The standard InChI is InChI=1S/C4H9NO.ClH/c1-3-6-4-2-5-1;/h5H,1-4H2;1H/i3D2,4D2;. The molecular formula is C4H10ClNO. The SMILES string of the molecule is Cl.[2H]C1([2H])CNCC([2H])([2H])O1. The van der Waals surface area contributed by atoms with Crippen molar-refractivity contribution in [3.63, 3.8) is 0 Å². The second kappa shape index (κ2) is 4.37. The zero-order chi connectivity index (χ0) is 7.83. The number of hydrogen-bond donors (Lipinski definition) is 1. The molecule has 0 amide bonds. The molecule has 1 heterocycles. The van der Waals surface area contributed by atoms with Gasteiger partial charge in [-0.2, -0.15) is 0 Å². The van der Waals surface area contributed by atoms with E-state index in [0.29, 0.717) is 0 Å². The van der Waals surface area contributed by atoms with E-state index in [1.165, 1.54) is 0 Å². The smallest absolute Gasteiger partial charge is 0.0591 e. The molecule has 2 nitrogen and oxygen atoms in total. The average molecular weight is 128 g/mol. The van der Waals surface area contributed by atoms with Gasteiger partial charge in [0, 0.05) is 13.1 Å². The zero-order valence-electron chi connectivity index (χ0n) is 7.73. The zero-order valence-corrected chi connectivity index (χ0v) is 4.55. The van der Waals surface area contributed by atoms with Crippen LogP contribution in [0.2, 0.25) is 0 Å². The van der Waals surface area contributed by atoms with E-state index in [9.17, 15) is 0 Å². The predicted molar refractivity (Wildman–Crippen MR) is 30.9 cm³/mol. The summed E-state index contributed by atoms with van der Waals surface area (Å²) in [5, 5.41) is 2.59. The summed E-state index contributed by atoms with van der Waals surface area (Å²) in [6.07, 6.45) is 0. The first-order valence-corrected chi connectivity index (χ1v) is 1.82. The Bertz CT molecular complexity index is 128. The number of ether oxygens (including phenoxy) is 1. The van der Waals surface area contributed by atoms with Crippen molar-refractivity contribution < 1.29 is 10.2 Å². The van der Waals surface area contributed by atoms with Crippen molar-refractivity contribution >= 4 is 12.4 Å². The van der Waals surface area contributed by atoms with Gasteiger partial charge in [-0.15, -0.1) is 12.4 Å². The van der Waals surface area contributed by atoms with E-state index in [1.807, 2.05) is 0 Å². The third-order valence-electron chi connectivity index (χ3n) is 0.539. The summed E-state index contributed by atoms with van der Waals surface area (Å²) >= 11 is 0. The molecule has 0 bridgehead atoms. The first-order valence-electron chi connectivity index (χ1n) is 3.82. The Labute approximate surface area is 55.3 Å². The minimum absolute atomic E-state index is 0. The van der Waals surface area contributed by atoms with Gasteiger partial charge in [0.2, 0.25) is 0 Å². The van der Waals surface area contributed by atoms with Gasteiger partial charge in [-0.25, -0.2) is 0 Å². The van der Waals surface area contributed by atoms with Gasteiger partial charge in [0.25, 0.3) is 0 Å². The van der Waals surface area contributed by atoms with Crippen LogP contribution in [0, 0.1) is 0 Å². The summed E-state index contributed by atoms with van der Waals surface area (Å²) in [4.78, 5) is 0. The van der Waals surface area contributed by atoms with E-state index in [-0.39, 0.29) is 25.5 Å². The van der Waals surface area contributed by atoms with Gasteiger partial charge in [-0.1, -0.05) is 0 Å². The largest absolute Gasteiger partial charge is 0.379 e. The summed E-state index contributed by atoms with van der Waals surface area (Å²) in [5.74, 6) is 0. The van der Waals surface area contributed by atoms with Crippen LogP contribution in [0.15, 0.2) is 0 Å². The van der Waals surface area contributed by atoms with Crippen molar-refractivity contribution in [1.82, 2.24) is 5.32 Å². The molecule has 1 rings (SSSR count). The van der Waals surface area contributed by atoms with Gasteiger partial charge in [-0.05, 0) is 0 Å². The molecule has 0 spiro atoms. The van der Waals surface area contributed by atoms with Crippen LogP contribution in [-0.2, 0) is 4.74 Å². The molecule has 0 atom stereocenters. The van der Waals surface area contributed by atoms with Gasteiger partial charge in [-0.3, -0.25) is 0 Å². The van der Waals surface area contributed by atoms with Crippen LogP contribution in [0.25, 0.3) is 0 Å². The fraction of sp³-hybridized carbons (Fsp3) is 1.00. The van der Waals surface area contributed by atoms with Crippen molar-refractivity contribution in [3.8, 4) is 0 Å². The van der Waals surface area contributed by atoms with E-state index in [1.54, 1.807) is 0 Å². The molecule has 1 aliphatic rings. The van der Waals surface area contributed by atoms with E-state index in [0.717, 1.165) is 0 Å². The highest BCUT2D eigenvalue weighted by atomic mass is 35.5. The van der Waals surface area contributed by atoms with Gasteiger partial charge in [0.1, 0.15) is 0 Å². The minimum Gasteiger partial charge on any atom is -0.379 e. The summed E-state index contributed by atoms with van der Waals surface area (Å²) < 4.78 is 32.6. The fourth-order valence-electron chi connectivity index (χ4n) is 0.288. The third kappa shape index (κ3) is 2.85. The Morgan fingerprint density at radius 3 is 2.29 bits per heavy atom. The summed E-state index contributed by atoms with van der Waals surface area (Å²) in [6, 6.07) is 0. The van der Waals surface area contributed by atoms with Crippen molar-refractivity contribution in [3.05, 3.63) is 0 Å². The first-order chi connectivity index (χ1) is 4.41. The molecule has 1 fully saturated rings. The van der Waals surface area contributed by atoms with Crippen molar-refractivity contribution in [2.24, 2.45) is 0 Å². The van der Waals surface area contributed by atoms with Crippen LogP contribution in [0.1, 0.15) is 5.48 Å². The van der Waals surface area contributed by atoms with Crippen molar-refractivity contribution in [2.75, 3.05) is 26.2 Å². The van der Waals surface area contributed by atoms with E-state index < -0.39 is 13.1 Å². The molecule has 3 heteroatoms. The van der Waals surface area contributed by atoms with Crippen LogP contribution in [-0.4, -0.2) is 26.2 Å². The summed E-state index contributed by atoms with van der Waals surface area (Å²) in [7, 11) is 0. The third-order valence-corrected chi connectivity index (χ3v) is 0.539. The molecular weight excluding hydrogens is 114 g/mol. The van der Waals surface area contributed by atoms with E-state index in [4.69, 9.17) is 5.48 Å². The maximum atomic E-state index is 7.02. The molecule has 0 saturated carbocycles. The number of nitrogens with one attached hydrogen (secondary N) is 1. The van der Waals surface area contributed by atoms with Crippen LogP contribution < -0.4 is 5.32 Å². The second-order valence-corrected chi connectivity index (χ2v) is 0.994. The van der Waals surface area contributed by atoms with Crippen LogP contribution in [0.5, 0.6) is 0 Å². The molecule has 44 valence electrons. The maximum Gasteiger partial charge on any atom is 0.0591 e. The Kier molecular flexibility index (Phi) is 1.67. The lowest BCUT2D eigenvalue weighted by Gasteiger charge is -2.10. The highest BCUT2D eigenvalue weighted by Crippen LogP contribution is 1.76. The lowest BCUT2D eigenvalue weighted by atomic mass is 10.5.